The Kier molecular flexibility index (Phi) is 4.44. The molecule has 1 fully saturated rings. The van der Waals surface area contributed by atoms with Gasteiger partial charge in [0.1, 0.15) is 5.03 Å². The number of aromatic nitrogens is 1. The van der Waals surface area contributed by atoms with Crippen molar-refractivity contribution < 1.29 is 0 Å². The Hall–Kier alpha value is -0.840. The highest BCUT2D eigenvalue weighted by molar-refractivity contribution is 9.10. The third kappa shape index (κ3) is 3.84. The van der Waals surface area contributed by atoms with E-state index in [2.05, 4.69) is 57.4 Å². The molecule has 0 aliphatic heterocycles. The van der Waals surface area contributed by atoms with Gasteiger partial charge in [-0.25, -0.2) is 4.98 Å². The van der Waals surface area contributed by atoms with Crippen LogP contribution in [0.2, 0.25) is 0 Å². The molecule has 2 nitrogen and oxygen atoms in total. The van der Waals surface area contributed by atoms with Crippen molar-refractivity contribution in [2.75, 3.05) is 0 Å². The Morgan fingerprint density at radius 3 is 2.90 bits per heavy atom. The molecule has 0 radical (unpaired) electrons. The molecule has 0 bridgehead atoms. The Morgan fingerprint density at radius 1 is 1.35 bits per heavy atom. The van der Waals surface area contributed by atoms with Gasteiger partial charge >= 0.3 is 0 Å². The van der Waals surface area contributed by atoms with Crippen molar-refractivity contribution in [3.8, 4) is 0 Å². The number of hydrogen-bond acceptors (Lipinski definition) is 3. The van der Waals surface area contributed by atoms with Gasteiger partial charge in [0.15, 0.2) is 0 Å². The van der Waals surface area contributed by atoms with Crippen LogP contribution in [-0.4, -0.2) is 11.0 Å². The molecule has 1 aromatic carbocycles. The zero-order valence-corrected chi connectivity index (χ0v) is 13.8. The van der Waals surface area contributed by atoms with Gasteiger partial charge in [-0.1, -0.05) is 39.8 Å². The lowest BCUT2D eigenvalue weighted by atomic mass is 10.2. The maximum atomic E-state index is 4.61. The predicted octanol–water partition coefficient (Wildman–Crippen LogP) is 4.56. The maximum Gasteiger partial charge on any atom is 0.104 e. The van der Waals surface area contributed by atoms with Crippen LogP contribution in [0, 0.1) is 6.92 Å². The van der Waals surface area contributed by atoms with Gasteiger partial charge in [0.2, 0.25) is 0 Å². The Labute approximate surface area is 132 Å². The van der Waals surface area contributed by atoms with E-state index in [-0.39, 0.29) is 0 Å². The Bertz CT molecular complexity index is 611. The quantitative estimate of drug-likeness (QED) is 0.857. The first-order valence-corrected chi connectivity index (χ1v) is 8.44. The lowest BCUT2D eigenvalue weighted by molar-refractivity contribution is 0.684. The number of nitrogens with zero attached hydrogens (tertiary/aromatic N) is 1. The summed E-state index contributed by atoms with van der Waals surface area (Å²) in [7, 11) is 0. The van der Waals surface area contributed by atoms with Crippen molar-refractivity contribution in [3.05, 3.63) is 52.1 Å². The third-order valence-electron chi connectivity index (χ3n) is 3.27. The highest BCUT2D eigenvalue weighted by atomic mass is 79.9. The molecule has 20 heavy (non-hydrogen) atoms. The Morgan fingerprint density at radius 2 is 2.20 bits per heavy atom. The second-order valence-corrected chi connectivity index (χ2v) is 7.16. The van der Waals surface area contributed by atoms with Crippen molar-refractivity contribution in [1.29, 1.82) is 0 Å². The van der Waals surface area contributed by atoms with Crippen molar-refractivity contribution in [2.24, 2.45) is 0 Å². The zero-order valence-electron chi connectivity index (χ0n) is 11.4. The highest BCUT2D eigenvalue weighted by Crippen LogP contribution is 2.30. The first kappa shape index (κ1) is 14.1. The van der Waals surface area contributed by atoms with Gasteiger partial charge in [0.05, 0.1) is 0 Å². The highest BCUT2D eigenvalue weighted by Gasteiger charge is 2.20. The molecule has 4 heteroatoms. The van der Waals surface area contributed by atoms with Crippen molar-refractivity contribution in [2.45, 2.75) is 42.3 Å². The number of hydrogen-bond donors (Lipinski definition) is 1. The zero-order chi connectivity index (χ0) is 13.9. The van der Waals surface area contributed by atoms with Gasteiger partial charge in [0.25, 0.3) is 0 Å². The van der Waals surface area contributed by atoms with Crippen LogP contribution >= 0.6 is 27.7 Å². The number of pyridine rings is 1. The fourth-order valence-electron chi connectivity index (χ4n) is 2.02. The van der Waals surface area contributed by atoms with E-state index < -0.39 is 0 Å². The molecular weight excluding hydrogens is 332 g/mol. The van der Waals surface area contributed by atoms with Gasteiger partial charge in [-0.2, -0.15) is 0 Å². The smallest absolute Gasteiger partial charge is 0.104 e. The van der Waals surface area contributed by atoms with Gasteiger partial charge in [-0.3, -0.25) is 0 Å². The summed E-state index contributed by atoms with van der Waals surface area (Å²) in [6, 6.07) is 11.3. The summed E-state index contributed by atoms with van der Waals surface area (Å²) < 4.78 is 1.10. The topological polar surface area (TPSA) is 24.9 Å². The predicted molar refractivity (Wildman–Crippen MR) is 87.1 cm³/mol. The van der Waals surface area contributed by atoms with Crippen LogP contribution in [0.5, 0.6) is 0 Å². The molecule has 2 aromatic rings. The number of aryl methyl sites for hydroxylation is 1. The van der Waals surface area contributed by atoms with Crippen molar-refractivity contribution in [3.63, 3.8) is 0 Å². The molecule has 1 N–H and O–H groups in total. The van der Waals surface area contributed by atoms with E-state index in [1.807, 2.05) is 12.3 Å². The molecule has 1 aliphatic carbocycles. The van der Waals surface area contributed by atoms with Crippen LogP contribution in [-0.2, 0) is 6.54 Å². The fraction of sp³-hybridized carbons (Fsp3) is 0.312. The van der Waals surface area contributed by atoms with E-state index in [0.29, 0.717) is 0 Å². The second-order valence-electron chi connectivity index (χ2n) is 5.18. The van der Waals surface area contributed by atoms with E-state index in [1.54, 1.807) is 11.8 Å². The molecule has 1 aliphatic rings. The summed E-state index contributed by atoms with van der Waals surface area (Å²) in [6.45, 7) is 3.06. The largest absolute Gasteiger partial charge is 0.310 e. The van der Waals surface area contributed by atoms with Crippen molar-refractivity contribution >= 4 is 27.7 Å². The summed E-state index contributed by atoms with van der Waals surface area (Å²) in [4.78, 5) is 5.82. The lowest BCUT2D eigenvalue weighted by Gasteiger charge is -2.08. The minimum absolute atomic E-state index is 0.742. The molecular formula is C16H17BrN2S. The van der Waals surface area contributed by atoms with E-state index >= 15 is 0 Å². The van der Waals surface area contributed by atoms with Crippen LogP contribution in [0.4, 0.5) is 0 Å². The molecule has 0 spiro atoms. The molecule has 0 atom stereocenters. The molecule has 104 valence electrons. The molecule has 0 unspecified atom stereocenters. The van der Waals surface area contributed by atoms with Gasteiger partial charge < -0.3 is 5.32 Å². The molecule has 0 amide bonds. The van der Waals surface area contributed by atoms with E-state index in [9.17, 15) is 0 Å². The maximum absolute atomic E-state index is 4.61. The van der Waals surface area contributed by atoms with Crippen LogP contribution in [0.1, 0.15) is 24.0 Å². The number of halogens is 1. The van der Waals surface area contributed by atoms with E-state index in [1.165, 1.54) is 28.9 Å². The molecule has 1 aromatic heterocycles. The Balaban J connectivity index is 1.69. The monoisotopic (exact) mass is 348 g/mol. The summed E-state index contributed by atoms with van der Waals surface area (Å²) in [5.74, 6) is 0. The first-order valence-electron chi connectivity index (χ1n) is 6.83. The van der Waals surface area contributed by atoms with Gasteiger partial charge in [0, 0.05) is 28.2 Å². The average molecular weight is 349 g/mol. The minimum atomic E-state index is 0.742. The molecule has 3 rings (SSSR count). The van der Waals surface area contributed by atoms with Crippen LogP contribution in [0.3, 0.4) is 0 Å². The summed E-state index contributed by atoms with van der Waals surface area (Å²) in [5, 5.41) is 4.61. The standard InChI is InChI=1S/C16H17BrN2S/c1-11-7-12(9-18-14-5-6-14)10-19-16(11)20-15-4-2-3-13(17)8-15/h2-4,7-8,10,14,18H,5-6,9H2,1H3. The van der Waals surface area contributed by atoms with E-state index in [4.69, 9.17) is 0 Å². The summed E-state index contributed by atoms with van der Waals surface area (Å²) in [6.07, 6.45) is 4.63. The average Bonchev–Trinajstić information content (AvgIpc) is 3.23. The SMILES string of the molecule is Cc1cc(CNC2CC2)cnc1Sc1cccc(Br)c1. The fourth-order valence-corrected chi connectivity index (χ4v) is 3.45. The van der Waals surface area contributed by atoms with Crippen LogP contribution < -0.4 is 5.32 Å². The van der Waals surface area contributed by atoms with Crippen LogP contribution in [0.15, 0.2) is 50.9 Å². The lowest BCUT2D eigenvalue weighted by Crippen LogP contribution is -2.15. The second kappa shape index (κ2) is 6.29. The molecule has 1 saturated carbocycles. The van der Waals surface area contributed by atoms with Crippen LogP contribution in [0.25, 0.3) is 0 Å². The van der Waals surface area contributed by atoms with Gasteiger partial charge in [-0.15, -0.1) is 0 Å². The minimum Gasteiger partial charge on any atom is -0.310 e. The molecule has 0 saturated heterocycles. The van der Waals surface area contributed by atoms with Crippen molar-refractivity contribution in [1.82, 2.24) is 10.3 Å². The normalized spacial score (nSPS) is 14.5. The summed E-state index contributed by atoms with van der Waals surface area (Å²) >= 11 is 5.22. The third-order valence-corrected chi connectivity index (χ3v) is 4.87. The van der Waals surface area contributed by atoms with E-state index in [0.717, 1.165) is 22.1 Å². The number of rotatable bonds is 5. The summed E-state index contributed by atoms with van der Waals surface area (Å²) in [5.41, 5.74) is 2.51. The number of nitrogens with one attached hydrogen (secondary N) is 1. The number of benzene rings is 1. The first-order chi connectivity index (χ1) is 9.70. The molecule has 1 heterocycles. The van der Waals surface area contributed by atoms with Gasteiger partial charge in [-0.05, 0) is 49.1 Å².